The van der Waals surface area contributed by atoms with E-state index in [4.69, 9.17) is 0 Å². The quantitative estimate of drug-likeness (QED) is 0.305. The summed E-state index contributed by atoms with van der Waals surface area (Å²) in [5, 5.41) is 6.36. The number of nitrogens with zero attached hydrogens (tertiary/aromatic N) is 1. The van der Waals surface area contributed by atoms with Crippen molar-refractivity contribution in [1.29, 1.82) is 0 Å². The minimum absolute atomic E-state index is 0. The molecule has 0 saturated carbocycles. The number of rotatable bonds is 9. The van der Waals surface area contributed by atoms with Crippen molar-refractivity contribution in [1.82, 2.24) is 10.6 Å². The molecule has 5 nitrogen and oxygen atoms in total. The molecule has 0 aliphatic rings. The minimum atomic E-state index is -2.97. The number of hydrogen-bond acceptors (Lipinski definition) is 3. The summed E-state index contributed by atoms with van der Waals surface area (Å²) in [6, 6.07) is 20.9. The molecule has 0 atom stereocenters. The molecule has 0 fully saturated rings. The molecule has 2 aromatic carbocycles. The number of halogens is 1. The SMILES string of the molecule is CCS(=O)(=O)CCNC(=NC)NCCC(c1ccccc1)c1ccccc1.I. The Hall–Kier alpha value is -1.61. The maximum absolute atomic E-state index is 11.6. The summed E-state index contributed by atoms with van der Waals surface area (Å²) in [6.45, 7) is 2.75. The molecule has 0 aromatic heterocycles. The molecule has 2 N–H and O–H groups in total. The van der Waals surface area contributed by atoms with E-state index in [1.807, 2.05) is 12.1 Å². The van der Waals surface area contributed by atoms with Crippen LogP contribution in [0.2, 0.25) is 0 Å². The second kappa shape index (κ2) is 12.8. The van der Waals surface area contributed by atoms with Gasteiger partial charge in [-0.1, -0.05) is 67.6 Å². The van der Waals surface area contributed by atoms with Crippen LogP contribution in [0.25, 0.3) is 0 Å². The first kappa shape index (κ1) is 24.4. The summed E-state index contributed by atoms with van der Waals surface area (Å²) < 4.78 is 23.2. The van der Waals surface area contributed by atoms with E-state index in [-0.39, 0.29) is 35.5 Å². The highest BCUT2D eigenvalue weighted by Crippen LogP contribution is 2.27. The highest BCUT2D eigenvalue weighted by molar-refractivity contribution is 14.0. The van der Waals surface area contributed by atoms with Crippen molar-refractivity contribution in [3.8, 4) is 0 Å². The maximum Gasteiger partial charge on any atom is 0.191 e. The van der Waals surface area contributed by atoms with Crippen LogP contribution in [0, 0.1) is 0 Å². The summed E-state index contributed by atoms with van der Waals surface area (Å²) in [4.78, 5) is 4.18. The number of hydrogen-bond donors (Lipinski definition) is 2. The van der Waals surface area contributed by atoms with Crippen LogP contribution in [0.1, 0.15) is 30.4 Å². The predicted molar refractivity (Wildman–Crippen MR) is 128 cm³/mol. The van der Waals surface area contributed by atoms with E-state index in [0.29, 0.717) is 18.4 Å². The topological polar surface area (TPSA) is 70.6 Å². The Kier molecular flexibility index (Phi) is 11.1. The Labute approximate surface area is 186 Å². The molecule has 0 amide bonds. The van der Waals surface area contributed by atoms with Gasteiger partial charge in [-0.2, -0.15) is 0 Å². The van der Waals surface area contributed by atoms with Crippen molar-refractivity contribution in [3.05, 3.63) is 71.8 Å². The Balaban J connectivity index is 0.00000392. The van der Waals surface area contributed by atoms with Crippen molar-refractivity contribution in [2.45, 2.75) is 19.3 Å². The molecule has 0 aliphatic carbocycles. The summed E-state index contributed by atoms with van der Waals surface area (Å²) >= 11 is 0. The van der Waals surface area contributed by atoms with Gasteiger partial charge in [0.25, 0.3) is 0 Å². The van der Waals surface area contributed by atoms with Gasteiger partial charge in [0.15, 0.2) is 15.8 Å². The highest BCUT2D eigenvalue weighted by Gasteiger charge is 2.14. The molecule has 154 valence electrons. The number of nitrogens with one attached hydrogen (secondary N) is 2. The van der Waals surface area contributed by atoms with Crippen molar-refractivity contribution < 1.29 is 8.42 Å². The molecule has 2 aromatic rings. The van der Waals surface area contributed by atoms with E-state index in [2.05, 4.69) is 64.2 Å². The molecule has 28 heavy (non-hydrogen) atoms. The smallest absolute Gasteiger partial charge is 0.191 e. The Morgan fingerprint density at radius 3 is 1.89 bits per heavy atom. The zero-order chi connectivity index (χ0) is 19.5. The number of aliphatic imine (C=N–C) groups is 1. The average molecular weight is 515 g/mol. The van der Waals surface area contributed by atoms with Crippen LogP contribution < -0.4 is 10.6 Å². The Morgan fingerprint density at radius 1 is 0.929 bits per heavy atom. The van der Waals surface area contributed by atoms with E-state index >= 15 is 0 Å². The van der Waals surface area contributed by atoms with E-state index in [1.54, 1.807) is 14.0 Å². The van der Waals surface area contributed by atoms with Gasteiger partial charge in [0.1, 0.15) is 0 Å². The molecule has 0 saturated heterocycles. The third-order valence-electron chi connectivity index (χ3n) is 4.50. The minimum Gasteiger partial charge on any atom is -0.356 e. The van der Waals surface area contributed by atoms with Crippen molar-refractivity contribution >= 4 is 39.8 Å². The van der Waals surface area contributed by atoms with Gasteiger partial charge in [-0.15, -0.1) is 24.0 Å². The molecule has 2 rings (SSSR count). The lowest BCUT2D eigenvalue weighted by Gasteiger charge is -2.19. The molecular formula is C21H30IN3O2S. The fourth-order valence-corrected chi connectivity index (χ4v) is 3.62. The van der Waals surface area contributed by atoms with Crippen LogP contribution in [0.15, 0.2) is 65.7 Å². The third-order valence-corrected chi connectivity index (χ3v) is 6.20. The van der Waals surface area contributed by atoms with Gasteiger partial charge in [0.2, 0.25) is 0 Å². The van der Waals surface area contributed by atoms with Crippen LogP contribution in [0.3, 0.4) is 0 Å². The first-order valence-electron chi connectivity index (χ1n) is 9.30. The van der Waals surface area contributed by atoms with Crippen molar-refractivity contribution in [2.75, 3.05) is 31.6 Å². The molecule has 0 aliphatic heterocycles. The zero-order valence-electron chi connectivity index (χ0n) is 16.5. The van der Waals surface area contributed by atoms with Crippen molar-refractivity contribution in [2.24, 2.45) is 4.99 Å². The summed E-state index contributed by atoms with van der Waals surface area (Å²) in [6.07, 6.45) is 0.905. The van der Waals surface area contributed by atoms with E-state index < -0.39 is 9.84 Å². The van der Waals surface area contributed by atoms with Gasteiger partial charge in [0.05, 0.1) is 5.75 Å². The fourth-order valence-electron chi connectivity index (χ4n) is 2.92. The van der Waals surface area contributed by atoms with Crippen LogP contribution in [0.5, 0.6) is 0 Å². The van der Waals surface area contributed by atoms with Crippen LogP contribution >= 0.6 is 24.0 Å². The molecule has 0 bridgehead atoms. The van der Waals surface area contributed by atoms with E-state index in [9.17, 15) is 8.42 Å². The lowest BCUT2D eigenvalue weighted by Crippen LogP contribution is -2.40. The number of benzene rings is 2. The standard InChI is InChI=1S/C21H29N3O2S.HI/c1-3-27(25,26)17-16-24-21(22-2)23-15-14-20(18-10-6-4-7-11-18)19-12-8-5-9-13-19;/h4-13,20H,3,14-17H2,1-2H3,(H2,22,23,24);1H. The van der Waals surface area contributed by atoms with Gasteiger partial charge >= 0.3 is 0 Å². The third kappa shape index (κ3) is 8.18. The van der Waals surface area contributed by atoms with Crippen LogP contribution in [-0.4, -0.2) is 46.0 Å². The second-order valence-electron chi connectivity index (χ2n) is 6.32. The van der Waals surface area contributed by atoms with E-state index in [1.165, 1.54) is 11.1 Å². The monoisotopic (exact) mass is 515 g/mol. The van der Waals surface area contributed by atoms with Gasteiger partial charge in [0, 0.05) is 31.8 Å². The van der Waals surface area contributed by atoms with Gasteiger partial charge < -0.3 is 10.6 Å². The maximum atomic E-state index is 11.6. The zero-order valence-corrected chi connectivity index (χ0v) is 19.6. The summed E-state index contributed by atoms with van der Waals surface area (Å²) in [7, 11) is -1.28. The molecule has 7 heteroatoms. The highest BCUT2D eigenvalue weighted by atomic mass is 127. The second-order valence-corrected chi connectivity index (χ2v) is 8.80. The molecular weight excluding hydrogens is 485 g/mol. The largest absolute Gasteiger partial charge is 0.356 e. The van der Waals surface area contributed by atoms with Crippen LogP contribution in [-0.2, 0) is 9.84 Å². The van der Waals surface area contributed by atoms with Gasteiger partial charge in [-0.25, -0.2) is 8.42 Å². The molecule has 0 heterocycles. The number of guanidine groups is 1. The number of sulfone groups is 1. The fraction of sp³-hybridized carbons (Fsp3) is 0.381. The van der Waals surface area contributed by atoms with Gasteiger partial charge in [-0.05, 0) is 17.5 Å². The molecule has 0 spiro atoms. The lowest BCUT2D eigenvalue weighted by atomic mass is 9.88. The summed E-state index contributed by atoms with van der Waals surface area (Å²) in [5.74, 6) is 1.19. The molecule has 0 unspecified atom stereocenters. The Morgan fingerprint density at radius 2 is 1.43 bits per heavy atom. The van der Waals surface area contributed by atoms with Crippen LogP contribution in [0.4, 0.5) is 0 Å². The molecule has 0 radical (unpaired) electrons. The first-order chi connectivity index (χ1) is 13.1. The lowest BCUT2D eigenvalue weighted by molar-refractivity contribution is 0.595. The first-order valence-corrected chi connectivity index (χ1v) is 11.1. The van der Waals surface area contributed by atoms with Gasteiger partial charge in [-0.3, -0.25) is 4.99 Å². The predicted octanol–water partition coefficient (Wildman–Crippen LogP) is 3.43. The van der Waals surface area contributed by atoms with Crippen molar-refractivity contribution in [3.63, 3.8) is 0 Å². The summed E-state index contributed by atoms with van der Waals surface area (Å²) in [5.41, 5.74) is 2.56. The Bertz CT molecular complexity index is 773. The normalized spacial score (nSPS) is 11.8. The average Bonchev–Trinajstić information content (AvgIpc) is 2.71. The van der Waals surface area contributed by atoms with E-state index in [0.717, 1.165) is 13.0 Å².